The van der Waals surface area contributed by atoms with Gasteiger partial charge in [0, 0.05) is 0 Å². The predicted octanol–water partition coefficient (Wildman–Crippen LogP) is 4.55. The minimum atomic E-state index is -0.574. The molecule has 0 aliphatic rings. The molecule has 1 heterocycles. The van der Waals surface area contributed by atoms with E-state index in [0.29, 0.717) is 17.2 Å². The smallest absolute Gasteiger partial charge is 0.373 e. The van der Waals surface area contributed by atoms with E-state index in [4.69, 9.17) is 9.47 Å². The summed E-state index contributed by atoms with van der Waals surface area (Å²) in [5.41, 5.74) is 2.14. The third kappa shape index (κ3) is 4.12. The Morgan fingerprint density at radius 2 is 1.78 bits per heavy atom. The average Bonchev–Trinajstić information content (AvgIpc) is 2.61. The summed E-state index contributed by atoms with van der Waals surface area (Å²) >= 11 is 0. The Hall–Kier alpha value is -3.68. The third-order valence-corrected chi connectivity index (χ3v) is 3.74. The van der Waals surface area contributed by atoms with Crippen LogP contribution in [0.4, 0.5) is 17.2 Å². The number of hydrogen-bond acceptors (Lipinski definition) is 7. The molecule has 0 spiro atoms. The van der Waals surface area contributed by atoms with Gasteiger partial charge in [0.2, 0.25) is 5.82 Å². The predicted molar refractivity (Wildman–Crippen MR) is 101 cm³/mol. The standard InChI is InChI=1S/C19H18N4O4/c1-12-8-13(2)10-14(9-12)27-19-17(23(24)25)18(20-11-21-19)22-15-6-4-5-7-16(15)26-3/h4-11H,1-3H3,(H,20,21,22). The van der Waals surface area contributed by atoms with Gasteiger partial charge in [0.25, 0.3) is 0 Å². The molecule has 0 saturated carbocycles. The Morgan fingerprint density at radius 3 is 2.44 bits per heavy atom. The van der Waals surface area contributed by atoms with Crippen LogP contribution in [0.5, 0.6) is 17.4 Å². The molecule has 0 atom stereocenters. The second kappa shape index (κ2) is 7.69. The van der Waals surface area contributed by atoms with Gasteiger partial charge in [0.05, 0.1) is 17.7 Å². The highest BCUT2D eigenvalue weighted by Crippen LogP contribution is 2.37. The number of benzene rings is 2. The number of nitro groups is 1. The van der Waals surface area contributed by atoms with Crippen LogP contribution in [0.3, 0.4) is 0 Å². The summed E-state index contributed by atoms with van der Waals surface area (Å²) < 4.78 is 11.0. The molecule has 0 amide bonds. The topological polar surface area (TPSA) is 99.4 Å². The Balaban J connectivity index is 2.01. The zero-order valence-electron chi connectivity index (χ0n) is 15.1. The van der Waals surface area contributed by atoms with E-state index in [1.807, 2.05) is 19.9 Å². The van der Waals surface area contributed by atoms with Gasteiger partial charge in [0.1, 0.15) is 17.8 Å². The maximum atomic E-state index is 11.7. The van der Waals surface area contributed by atoms with Crippen molar-refractivity contribution >= 4 is 17.2 Å². The Kier molecular flexibility index (Phi) is 5.16. The third-order valence-electron chi connectivity index (χ3n) is 3.74. The van der Waals surface area contributed by atoms with Crippen molar-refractivity contribution in [2.24, 2.45) is 0 Å². The molecule has 27 heavy (non-hydrogen) atoms. The minimum absolute atomic E-state index is 0.0128. The van der Waals surface area contributed by atoms with Gasteiger partial charge in [-0.25, -0.2) is 4.98 Å². The van der Waals surface area contributed by atoms with E-state index in [0.717, 1.165) is 11.1 Å². The lowest BCUT2D eigenvalue weighted by atomic mass is 10.1. The summed E-state index contributed by atoms with van der Waals surface area (Å²) in [5.74, 6) is 0.871. The van der Waals surface area contributed by atoms with Gasteiger partial charge >= 0.3 is 11.6 Å². The van der Waals surface area contributed by atoms with Crippen LogP contribution < -0.4 is 14.8 Å². The number of ether oxygens (including phenoxy) is 2. The summed E-state index contributed by atoms with van der Waals surface area (Å²) in [5, 5.41) is 14.6. The highest BCUT2D eigenvalue weighted by atomic mass is 16.6. The van der Waals surface area contributed by atoms with E-state index >= 15 is 0 Å². The van der Waals surface area contributed by atoms with Crippen molar-refractivity contribution in [2.45, 2.75) is 13.8 Å². The van der Waals surface area contributed by atoms with E-state index in [2.05, 4.69) is 15.3 Å². The van der Waals surface area contributed by atoms with Gasteiger partial charge in [-0.3, -0.25) is 10.1 Å². The number of rotatable bonds is 6. The first-order valence-corrected chi connectivity index (χ1v) is 8.13. The van der Waals surface area contributed by atoms with Crippen molar-refractivity contribution in [3.05, 3.63) is 70.0 Å². The SMILES string of the molecule is COc1ccccc1Nc1ncnc(Oc2cc(C)cc(C)c2)c1[N+](=O)[O-]. The molecule has 0 bridgehead atoms. The van der Waals surface area contributed by atoms with E-state index in [-0.39, 0.29) is 17.4 Å². The number of anilines is 2. The molecule has 0 unspecified atom stereocenters. The van der Waals surface area contributed by atoms with Crippen LogP contribution in [-0.4, -0.2) is 22.0 Å². The lowest BCUT2D eigenvalue weighted by Gasteiger charge is -2.12. The van der Waals surface area contributed by atoms with Crippen LogP contribution >= 0.6 is 0 Å². The zero-order chi connectivity index (χ0) is 19.4. The van der Waals surface area contributed by atoms with Crippen LogP contribution in [0.1, 0.15) is 11.1 Å². The monoisotopic (exact) mass is 366 g/mol. The number of nitrogens with one attached hydrogen (secondary N) is 1. The highest BCUT2D eigenvalue weighted by molar-refractivity contribution is 5.72. The second-order valence-corrected chi connectivity index (χ2v) is 5.88. The summed E-state index contributed by atoms with van der Waals surface area (Å²) in [6, 6.07) is 12.6. The van der Waals surface area contributed by atoms with Crippen molar-refractivity contribution in [3.63, 3.8) is 0 Å². The largest absolute Gasteiger partial charge is 0.495 e. The fourth-order valence-electron chi connectivity index (χ4n) is 2.67. The number of para-hydroxylation sites is 2. The number of hydrogen-bond donors (Lipinski definition) is 1. The first-order valence-electron chi connectivity index (χ1n) is 8.13. The van der Waals surface area contributed by atoms with Gasteiger partial charge in [0.15, 0.2) is 0 Å². The summed E-state index contributed by atoms with van der Waals surface area (Å²) in [6.07, 6.45) is 1.21. The van der Waals surface area contributed by atoms with E-state index in [1.54, 1.807) is 36.4 Å². The first kappa shape index (κ1) is 18.1. The van der Waals surface area contributed by atoms with Crippen LogP contribution in [0.2, 0.25) is 0 Å². The molecule has 0 saturated heterocycles. The van der Waals surface area contributed by atoms with Gasteiger partial charge in [-0.05, 0) is 49.2 Å². The normalized spacial score (nSPS) is 10.3. The van der Waals surface area contributed by atoms with Crippen LogP contribution in [0.15, 0.2) is 48.8 Å². The van der Waals surface area contributed by atoms with Gasteiger partial charge in [-0.1, -0.05) is 18.2 Å². The average molecular weight is 366 g/mol. The fourth-order valence-corrected chi connectivity index (χ4v) is 2.67. The molecule has 3 rings (SSSR count). The molecule has 1 N–H and O–H groups in total. The Bertz CT molecular complexity index is 971. The molecule has 0 aliphatic heterocycles. The molecular weight excluding hydrogens is 348 g/mol. The van der Waals surface area contributed by atoms with Crippen LogP contribution in [-0.2, 0) is 0 Å². The lowest BCUT2D eigenvalue weighted by molar-refractivity contribution is -0.385. The lowest BCUT2D eigenvalue weighted by Crippen LogP contribution is -2.04. The molecule has 8 nitrogen and oxygen atoms in total. The summed E-state index contributed by atoms with van der Waals surface area (Å²) in [4.78, 5) is 19.1. The maximum Gasteiger partial charge on any atom is 0.373 e. The van der Waals surface area contributed by atoms with Crippen molar-refractivity contribution in [3.8, 4) is 17.4 Å². The van der Waals surface area contributed by atoms with Crippen molar-refractivity contribution in [1.82, 2.24) is 9.97 Å². The minimum Gasteiger partial charge on any atom is -0.495 e. The number of aromatic nitrogens is 2. The molecular formula is C19H18N4O4. The molecule has 2 aromatic carbocycles. The van der Waals surface area contributed by atoms with E-state index < -0.39 is 4.92 Å². The molecule has 8 heteroatoms. The molecule has 1 aromatic heterocycles. The zero-order valence-corrected chi connectivity index (χ0v) is 15.1. The van der Waals surface area contributed by atoms with Gasteiger partial charge in [-0.15, -0.1) is 0 Å². The molecule has 0 aliphatic carbocycles. The fraction of sp³-hybridized carbons (Fsp3) is 0.158. The molecule has 0 radical (unpaired) electrons. The quantitative estimate of drug-likeness (QED) is 0.505. The highest BCUT2D eigenvalue weighted by Gasteiger charge is 2.26. The van der Waals surface area contributed by atoms with Gasteiger partial charge < -0.3 is 14.8 Å². The van der Waals surface area contributed by atoms with Gasteiger partial charge in [-0.2, -0.15) is 4.98 Å². The van der Waals surface area contributed by atoms with Crippen molar-refractivity contribution in [1.29, 1.82) is 0 Å². The Morgan fingerprint density at radius 1 is 1.07 bits per heavy atom. The number of nitrogens with zero attached hydrogens (tertiary/aromatic N) is 3. The van der Waals surface area contributed by atoms with Crippen LogP contribution in [0, 0.1) is 24.0 Å². The Labute approximate surface area is 156 Å². The first-order chi connectivity index (χ1) is 13.0. The van der Waals surface area contributed by atoms with Crippen molar-refractivity contribution in [2.75, 3.05) is 12.4 Å². The summed E-state index contributed by atoms with van der Waals surface area (Å²) in [6.45, 7) is 3.84. The molecule has 138 valence electrons. The maximum absolute atomic E-state index is 11.7. The summed E-state index contributed by atoms with van der Waals surface area (Å²) in [7, 11) is 1.52. The van der Waals surface area contributed by atoms with E-state index in [1.165, 1.54) is 13.4 Å². The van der Waals surface area contributed by atoms with Crippen molar-refractivity contribution < 1.29 is 14.4 Å². The van der Waals surface area contributed by atoms with Crippen LogP contribution in [0.25, 0.3) is 0 Å². The molecule has 0 fully saturated rings. The van der Waals surface area contributed by atoms with E-state index in [9.17, 15) is 10.1 Å². The number of methoxy groups -OCH3 is 1. The second-order valence-electron chi connectivity index (χ2n) is 5.88. The number of aryl methyl sites for hydroxylation is 2. The molecule has 3 aromatic rings.